The van der Waals surface area contributed by atoms with Gasteiger partial charge in [0.15, 0.2) is 5.78 Å². The number of aryl methyl sites for hydroxylation is 1. The van der Waals surface area contributed by atoms with E-state index in [9.17, 15) is 9.59 Å². The Morgan fingerprint density at radius 2 is 2.00 bits per heavy atom. The van der Waals surface area contributed by atoms with Gasteiger partial charge >= 0.3 is 0 Å². The van der Waals surface area contributed by atoms with E-state index in [-0.39, 0.29) is 11.7 Å². The fourth-order valence-corrected chi connectivity index (χ4v) is 4.36. The number of ketones is 1. The van der Waals surface area contributed by atoms with Crippen molar-refractivity contribution in [1.82, 2.24) is 24.6 Å². The van der Waals surface area contributed by atoms with Crippen LogP contribution in [0.5, 0.6) is 0 Å². The van der Waals surface area contributed by atoms with E-state index in [0.29, 0.717) is 24.2 Å². The molecular formula is C23H27N5O3. The lowest BCUT2D eigenvalue weighted by Crippen LogP contribution is -2.38. The summed E-state index contributed by atoms with van der Waals surface area (Å²) < 4.78 is 9.32. The lowest BCUT2D eigenvalue weighted by Gasteiger charge is -2.26. The van der Waals surface area contributed by atoms with Gasteiger partial charge in [0.2, 0.25) is 0 Å². The molecule has 2 aliphatic rings. The predicted molar refractivity (Wildman–Crippen MR) is 116 cm³/mol. The molecule has 0 saturated carbocycles. The normalized spacial score (nSPS) is 17.4. The summed E-state index contributed by atoms with van der Waals surface area (Å²) in [7, 11) is 0. The highest BCUT2D eigenvalue weighted by molar-refractivity contribution is 6.03. The molecule has 8 nitrogen and oxygen atoms in total. The number of morpholine rings is 1. The van der Waals surface area contributed by atoms with Gasteiger partial charge in [0, 0.05) is 61.8 Å². The number of carbonyl (C=O) groups excluding carboxylic acids is 2. The van der Waals surface area contributed by atoms with E-state index in [0.717, 1.165) is 68.8 Å². The number of rotatable bonds is 6. The van der Waals surface area contributed by atoms with Gasteiger partial charge in [-0.3, -0.25) is 19.2 Å². The van der Waals surface area contributed by atoms with Crippen molar-refractivity contribution < 1.29 is 14.3 Å². The number of fused-ring (bicyclic) bond motifs is 3. The molecule has 2 aromatic heterocycles. The van der Waals surface area contributed by atoms with Crippen molar-refractivity contribution in [2.75, 3.05) is 39.4 Å². The second-order valence-corrected chi connectivity index (χ2v) is 8.23. The molecule has 0 aliphatic carbocycles. The quantitative estimate of drug-likeness (QED) is 0.613. The van der Waals surface area contributed by atoms with Crippen molar-refractivity contribution in [1.29, 1.82) is 0 Å². The SMILES string of the molecule is O=C(Cc1cnn(CCN2CCOCC2)c1)c1ccc2cc3n(c2c1)CCCNC3=O. The largest absolute Gasteiger partial charge is 0.379 e. The maximum Gasteiger partial charge on any atom is 0.267 e. The molecule has 0 atom stereocenters. The predicted octanol–water partition coefficient (Wildman–Crippen LogP) is 1.73. The van der Waals surface area contributed by atoms with E-state index < -0.39 is 0 Å². The van der Waals surface area contributed by atoms with Crippen LogP contribution in [0.15, 0.2) is 36.7 Å². The first-order valence-electron chi connectivity index (χ1n) is 10.9. The summed E-state index contributed by atoms with van der Waals surface area (Å²) >= 11 is 0. The summed E-state index contributed by atoms with van der Waals surface area (Å²) in [6.07, 6.45) is 4.94. The van der Waals surface area contributed by atoms with Crippen molar-refractivity contribution in [2.24, 2.45) is 0 Å². The van der Waals surface area contributed by atoms with E-state index in [1.807, 2.05) is 39.7 Å². The van der Waals surface area contributed by atoms with Crippen molar-refractivity contribution in [3.63, 3.8) is 0 Å². The van der Waals surface area contributed by atoms with Gasteiger partial charge in [-0.15, -0.1) is 0 Å². The zero-order valence-electron chi connectivity index (χ0n) is 17.5. The zero-order valence-corrected chi connectivity index (χ0v) is 17.5. The van der Waals surface area contributed by atoms with Crippen molar-refractivity contribution in [3.05, 3.63) is 53.5 Å². The number of Topliss-reactive ketones (excluding diaryl/α,β-unsaturated/α-hetero) is 1. The van der Waals surface area contributed by atoms with E-state index in [2.05, 4.69) is 15.3 Å². The van der Waals surface area contributed by atoms with E-state index in [4.69, 9.17) is 4.74 Å². The van der Waals surface area contributed by atoms with Gasteiger partial charge < -0.3 is 14.6 Å². The van der Waals surface area contributed by atoms with E-state index in [1.165, 1.54) is 0 Å². The fraction of sp³-hybridized carbons (Fsp3) is 0.435. The molecule has 1 N–H and O–H groups in total. The Hall–Kier alpha value is -2.97. The van der Waals surface area contributed by atoms with Crippen LogP contribution in [0, 0.1) is 0 Å². The summed E-state index contributed by atoms with van der Waals surface area (Å²) in [5, 5.41) is 8.33. The van der Waals surface area contributed by atoms with Gasteiger partial charge in [-0.25, -0.2) is 0 Å². The zero-order chi connectivity index (χ0) is 21.2. The van der Waals surface area contributed by atoms with Crippen LogP contribution in [0.2, 0.25) is 0 Å². The van der Waals surface area contributed by atoms with Crippen LogP contribution < -0.4 is 5.32 Å². The highest BCUT2D eigenvalue weighted by atomic mass is 16.5. The van der Waals surface area contributed by atoms with E-state index >= 15 is 0 Å². The Morgan fingerprint density at radius 3 is 2.87 bits per heavy atom. The first kappa shape index (κ1) is 20.0. The molecule has 4 heterocycles. The summed E-state index contributed by atoms with van der Waals surface area (Å²) in [5.41, 5.74) is 3.19. The number of hydrogen-bond acceptors (Lipinski definition) is 5. The molecule has 1 aromatic carbocycles. The minimum absolute atomic E-state index is 0.0499. The van der Waals surface area contributed by atoms with E-state index in [1.54, 1.807) is 6.20 Å². The Bertz CT molecular complexity index is 1110. The summed E-state index contributed by atoms with van der Waals surface area (Å²) in [4.78, 5) is 27.6. The molecular weight excluding hydrogens is 394 g/mol. The monoisotopic (exact) mass is 421 g/mol. The number of ether oxygens (including phenoxy) is 1. The molecule has 3 aromatic rings. The molecule has 1 amide bonds. The Kier molecular flexibility index (Phi) is 5.57. The lowest BCUT2D eigenvalue weighted by molar-refractivity contribution is 0.0359. The molecule has 1 saturated heterocycles. The average Bonchev–Trinajstić information content (AvgIpc) is 3.34. The third kappa shape index (κ3) is 4.26. The number of nitrogens with one attached hydrogen (secondary N) is 1. The third-order valence-corrected chi connectivity index (χ3v) is 6.10. The van der Waals surface area contributed by atoms with Gasteiger partial charge in [0.1, 0.15) is 5.69 Å². The Balaban J connectivity index is 1.27. The van der Waals surface area contributed by atoms with Gasteiger partial charge in [-0.05, 0) is 24.1 Å². The van der Waals surface area contributed by atoms with Gasteiger partial charge in [-0.2, -0.15) is 5.10 Å². The van der Waals surface area contributed by atoms with Gasteiger partial charge in [0.25, 0.3) is 5.91 Å². The highest BCUT2D eigenvalue weighted by Gasteiger charge is 2.19. The number of aromatic nitrogens is 3. The van der Waals surface area contributed by atoms with Crippen LogP contribution in [0.4, 0.5) is 0 Å². The molecule has 2 aliphatic heterocycles. The molecule has 0 unspecified atom stereocenters. The lowest BCUT2D eigenvalue weighted by atomic mass is 10.0. The average molecular weight is 422 g/mol. The number of hydrogen-bond donors (Lipinski definition) is 1. The Labute approximate surface area is 180 Å². The topological polar surface area (TPSA) is 81.4 Å². The van der Waals surface area contributed by atoms with Crippen LogP contribution in [-0.2, 0) is 24.2 Å². The molecule has 0 radical (unpaired) electrons. The summed E-state index contributed by atoms with van der Waals surface area (Å²) in [5.74, 6) is 0.00863. The van der Waals surface area contributed by atoms with Crippen molar-refractivity contribution >= 4 is 22.6 Å². The first-order valence-corrected chi connectivity index (χ1v) is 10.9. The Morgan fingerprint density at radius 1 is 1.13 bits per heavy atom. The van der Waals surface area contributed by atoms with Crippen LogP contribution in [0.1, 0.15) is 32.8 Å². The molecule has 0 bridgehead atoms. The maximum atomic E-state index is 12.9. The van der Waals surface area contributed by atoms with Gasteiger partial charge in [0.05, 0.1) is 26.0 Å². The maximum absolute atomic E-state index is 12.9. The molecule has 8 heteroatoms. The standard InChI is InChI=1S/C23H27N5O3/c29-22(12-17-15-25-27(16-17)7-6-26-8-10-31-11-9-26)19-3-2-18-13-21-23(30)24-4-1-5-28(21)20(18)14-19/h2-3,13-16H,1,4-12H2,(H,24,30). The molecule has 31 heavy (non-hydrogen) atoms. The molecule has 0 spiro atoms. The van der Waals surface area contributed by atoms with Crippen LogP contribution >= 0.6 is 0 Å². The third-order valence-electron chi connectivity index (χ3n) is 6.10. The van der Waals surface area contributed by atoms with Crippen LogP contribution in [0.3, 0.4) is 0 Å². The summed E-state index contributed by atoms with van der Waals surface area (Å²) in [6.45, 7) is 6.68. The number of nitrogens with zero attached hydrogens (tertiary/aromatic N) is 4. The molecule has 1 fully saturated rings. The van der Waals surface area contributed by atoms with Crippen LogP contribution in [-0.4, -0.2) is 70.3 Å². The number of amides is 1. The first-order chi connectivity index (χ1) is 15.2. The minimum atomic E-state index is -0.0499. The summed E-state index contributed by atoms with van der Waals surface area (Å²) in [6, 6.07) is 7.61. The molecule has 162 valence electrons. The van der Waals surface area contributed by atoms with Gasteiger partial charge in [-0.1, -0.05) is 12.1 Å². The highest BCUT2D eigenvalue weighted by Crippen LogP contribution is 2.24. The number of carbonyl (C=O) groups is 2. The van der Waals surface area contributed by atoms with Crippen LogP contribution in [0.25, 0.3) is 10.9 Å². The minimum Gasteiger partial charge on any atom is -0.379 e. The number of benzene rings is 1. The second-order valence-electron chi connectivity index (χ2n) is 8.23. The molecule has 5 rings (SSSR count). The van der Waals surface area contributed by atoms with Crippen molar-refractivity contribution in [2.45, 2.75) is 25.9 Å². The fourth-order valence-electron chi connectivity index (χ4n) is 4.36. The van der Waals surface area contributed by atoms with Crippen molar-refractivity contribution in [3.8, 4) is 0 Å². The smallest absolute Gasteiger partial charge is 0.267 e. The second kappa shape index (κ2) is 8.64.